The molecule has 0 fully saturated rings. The lowest BCUT2D eigenvalue weighted by Gasteiger charge is -2.18. The van der Waals surface area contributed by atoms with E-state index in [0.29, 0.717) is 50.9 Å². The van der Waals surface area contributed by atoms with E-state index in [1.54, 1.807) is 18.2 Å². The van der Waals surface area contributed by atoms with Crippen LogP contribution in [0.15, 0.2) is 200 Å². The third kappa shape index (κ3) is 6.04. The summed E-state index contributed by atoms with van der Waals surface area (Å²) in [5.41, 5.74) is 11.4. The minimum Gasteiger partial charge on any atom is -0.308 e. The largest absolute Gasteiger partial charge is 0.308 e. The van der Waals surface area contributed by atoms with E-state index in [1.165, 1.54) is 0 Å². The zero-order chi connectivity index (χ0) is 46.2. The van der Waals surface area contributed by atoms with Crippen molar-refractivity contribution in [1.82, 2.24) is 28.7 Å². The number of nitriles is 3. The van der Waals surface area contributed by atoms with Crippen LogP contribution in [0.2, 0.25) is 0 Å². The maximum Gasteiger partial charge on any atom is 0.166 e. The van der Waals surface area contributed by atoms with Gasteiger partial charge < -0.3 is 13.7 Å². The number of nitrogens with zero attached hydrogens (tertiary/aromatic N) is 9. The molecule has 0 saturated heterocycles. The number of hydrogen-bond donors (Lipinski definition) is 0. The Morgan fingerprint density at radius 1 is 0.275 bits per heavy atom. The van der Waals surface area contributed by atoms with Gasteiger partial charge in [0.25, 0.3) is 0 Å². The Morgan fingerprint density at radius 3 is 0.710 bits per heavy atom. The fourth-order valence-corrected chi connectivity index (χ4v) is 10.2. The van der Waals surface area contributed by atoms with Gasteiger partial charge in [-0.25, -0.2) is 15.0 Å². The van der Waals surface area contributed by atoms with Crippen molar-refractivity contribution in [1.29, 1.82) is 15.8 Å². The zero-order valence-electron chi connectivity index (χ0n) is 36.6. The monoisotopic (exact) mass is 879 g/mol. The van der Waals surface area contributed by atoms with Gasteiger partial charge in [-0.1, -0.05) is 109 Å². The van der Waals surface area contributed by atoms with E-state index in [4.69, 9.17) is 15.0 Å². The van der Waals surface area contributed by atoms with Crippen LogP contribution in [-0.2, 0) is 0 Å². The molecule has 0 unspecified atom stereocenters. The molecule has 9 nitrogen and oxygen atoms in total. The Hall–Kier alpha value is -10.1. The molecule has 0 bridgehead atoms. The lowest BCUT2D eigenvalue weighted by atomic mass is 10.0. The van der Waals surface area contributed by atoms with Gasteiger partial charge in [0.1, 0.15) is 0 Å². The van der Waals surface area contributed by atoms with Crippen molar-refractivity contribution in [3.63, 3.8) is 0 Å². The van der Waals surface area contributed by atoms with Gasteiger partial charge in [-0.2, -0.15) is 15.8 Å². The fourth-order valence-electron chi connectivity index (χ4n) is 10.2. The Kier molecular flexibility index (Phi) is 8.82. The summed E-state index contributed by atoms with van der Waals surface area (Å²) < 4.78 is 6.54. The predicted molar refractivity (Wildman–Crippen MR) is 273 cm³/mol. The molecule has 0 radical (unpaired) electrons. The van der Waals surface area contributed by atoms with Crippen molar-refractivity contribution in [2.24, 2.45) is 0 Å². The van der Waals surface area contributed by atoms with Crippen molar-refractivity contribution < 1.29 is 0 Å². The number of aromatic nitrogens is 6. The third-order valence-electron chi connectivity index (χ3n) is 13.2. The van der Waals surface area contributed by atoms with Crippen LogP contribution < -0.4 is 0 Å². The Balaban J connectivity index is 1.15. The van der Waals surface area contributed by atoms with Crippen LogP contribution >= 0.6 is 0 Å². The summed E-state index contributed by atoms with van der Waals surface area (Å²) in [5.74, 6) is 1.10. The first kappa shape index (κ1) is 39.2. The lowest BCUT2D eigenvalue weighted by Crippen LogP contribution is -2.07. The Labute approximate surface area is 394 Å². The zero-order valence-corrected chi connectivity index (χ0v) is 36.6. The molecule has 13 rings (SSSR count). The molecular formula is C60H33N9. The van der Waals surface area contributed by atoms with E-state index in [2.05, 4.69) is 105 Å². The summed E-state index contributed by atoms with van der Waals surface area (Å²) >= 11 is 0. The number of rotatable bonds is 6. The average molecular weight is 880 g/mol. The second-order valence-electron chi connectivity index (χ2n) is 16.9. The number of hydrogen-bond acceptors (Lipinski definition) is 6. The second-order valence-corrected chi connectivity index (χ2v) is 16.9. The molecule has 4 heterocycles. The van der Waals surface area contributed by atoms with Crippen LogP contribution in [0.3, 0.4) is 0 Å². The van der Waals surface area contributed by atoms with Gasteiger partial charge in [-0.3, -0.25) is 0 Å². The number of fused-ring (bicyclic) bond motifs is 9. The summed E-state index contributed by atoms with van der Waals surface area (Å²) in [6.07, 6.45) is 0. The van der Waals surface area contributed by atoms with E-state index >= 15 is 0 Å². The highest BCUT2D eigenvalue weighted by Gasteiger charge is 2.25. The highest BCUT2D eigenvalue weighted by molar-refractivity contribution is 6.12. The smallest absolute Gasteiger partial charge is 0.166 e. The van der Waals surface area contributed by atoms with E-state index < -0.39 is 0 Å². The molecule has 0 atom stereocenters. The normalized spacial score (nSPS) is 11.4. The van der Waals surface area contributed by atoms with E-state index in [9.17, 15) is 15.8 Å². The van der Waals surface area contributed by atoms with Crippen LogP contribution in [-0.4, -0.2) is 28.7 Å². The molecule has 0 spiro atoms. The molecule has 9 aromatic carbocycles. The van der Waals surface area contributed by atoms with Gasteiger partial charge in [0.15, 0.2) is 17.5 Å². The van der Waals surface area contributed by atoms with Crippen molar-refractivity contribution in [2.75, 3.05) is 0 Å². The van der Waals surface area contributed by atoms with Crippen LogP contribution in [0.4, 0.5) is 0 Å². The maximum absolute atomic E-state index is 10.4. The molecule has 0 aliphatic rings. The lowest BCUT2D eigenvalue weighted by molar-refractivity contribution is 1.05. The van der Waals surface area contributed by atoms with Gasteiger partial charge >= 0.3 is 0 Å². The molecule has 9 heteroatoms. The first-order chi connectivity index (χ1) is 34.1. The minimum atomic E-state index is 0.367. The van der Waals surface area contributed by atoms with E-state index in [0.717, 1.165) is 82.5 Å². The summed E-state index contributed by atoms with van der Waals surface area (Å²) in [5, 5.41) is 37.7. The van der Waals surface area contributed by atoms with Gasteiger partial charge in [-0.05, 0) is 91.0 Å². The second kappa shape index (κ2) is 15.5. The minimum absolute atomic E-state index is 0.367. The molecule has 0 amide bonds. The predicted octanol–water partition coefficient (Wildman–Crippen LogP) is 13.8. The number of benzene rings is 9. The van der Waals surface area contributed by atoms with Crippen LogP contribution in [0.5, 0.6) is 0 Å². The Morgan fingerprint density at radius 2 is 0.493 bits per heavy atom. The van der Waals surface area contributed by atoms with Crippen molar-refractivity contribution >= 4 is 65.4 Å². The SMILES string of the molecule is N#Cc1ccc(-c2nc(-c3ccc(C#N)cc3-n3c4ccccc4c4ccccc43)nc(-c3ccc(C#N)cc3-n3c4ccccc4c4ccccc43)n2)c(-n2c3ccccc3c3ccccc32)c1. The van der Waals surface area contributed by atoms with Gasteiger partial charge in [0, 0.05) is 49.0 Å². The van der Waals surface area contributed by atoms with Crippen molar-refractivity contribution in [2.45, 2.75) is 0 Å². The summed E-state index contributed by atoms with van der Waals surface area (Å²) in [6.45, 7) is 0. The van der Waals surface area contributed by atoms with Gasteiger partial charge in [0.2, 0.25) is 0 Å². The summed E-state index contributed by atoms with van der Waals surface area (Å²) in [6, 6.07) is 73.5. The molecule has 318 valence electrons. The van der Waals surface area contributed by atoms with Crippen LogP contribution in [0.25, 0.3) is 117 Å². The Bertz CT molecular complexity index is 3810. The van der Waals surface area contributed by atoms with Crippen LogP contribution in [0.1, 0.15) is 16.7 Å². The van der Waals surface area contributed by atoms with E-state index in [-0.39, 0.29) is 0 Å². The molecule has 0 aliphatic heterocycles. The highest BCUT2D eigenvalue weighted by Crippen LogP contribution is 2.41. The van der Waals surface area contributed by atoms with E-state index in [1.807, 2.05) is 109 Å². The number of para-hydroxylation sites is 6. The molecule has 0 saturated carbocycles. The van der Waals surface area contributed by atoms with Crippen LogP contribution in [0, 0.1) is 34.0 Å². The first-order valence-corrected chi connectivity index (χ1v) is 22.5. The molecule has 4 aromatic heterocycles. The molecule has 69 heavy (non-hydrogen) atoms. The van der Waals surface area contributed by atoms with Crippen molar-refractivity contribution in [3.05, 3.63) is 217 Å². The first-order valence-electron chi connectivity index (χ1n) is 22.5. The molecule has 0 N–H and O–H groups in total. The highest BCUT2D eigenvalue weighted by atomic mass is 15.1. The molecular weight excluding hydrogens is 847 g/mol. The summed E-state index contributed by atoms with van der Waals surface area (Å²) in [4.78, 5) is 16.3. The third-order valence-corrected chi connectivity index (χ3v) is 13.2. The standard InChI is InChI=1S/C60H33N9/c61-34-37-25-28-46(55(31-37)67-49-19-7-1-13-40(49)41-14-2-8-20-50(41)67)58-64-59(47-29-26-38(35-62)32-56(47)68-51-21-9-3-15-42(51)43-16-4-10-22-52(43)68)66-60(65-58)48-30-27-39(36-63)33-57(48)69-53-23-11-5-17-44(53)45-18-6-12-24-54(45)69/h1-33H. The topological polar surface area (TPSA) is 125 Å². The van der Waals surface area contributed by atoms with Crippen molar-refractivity contribution in [3.8, 4) is 69.4 Å². The summed E-state index contributed by atoms with van der Waals surface area (Å²) in [7, 11) is 0. The average Bonchev–Trinajstić information content (AvgIpc) is 4.06. The molecule has 13 aromatic rings. The maximum atomic E-state index is 10.4. The quantitative estimate of drug-likeness (QED) is 0.164. The van der Waals surface area contributed by atoms with Gasteiger partial charge in [-0.15, -0.1) is 0 Å². The molecule has 0 aliphatic carbocycles. The van der Waals surface area contributed by atoms with Gasteiger partial charge in [0.05, 0.1) is 85.1 Å². The fraction of sp³-hybridized carbons (Fsp3) is 0.